The van der Waals surface area contributed by atoms with Gasteiger partial charge in [0.25, 0.3) is 5.91 Å². The molecule has 1 saturated heterocycles. The quantitative estimate of drug-likeness (QED) is 0.410. The third-order valence-electron chi connectivity index (χ3n) is 2.05. The highest BCUT2D eigenvalue weighted by Gasteiger charge is 2.30. The van der Waals surface area contributed by atoms with E-state index in [4.69, 9.17) is 0 Å². The molecule has 0 unspecified atom stereocenters. The number of carbonyl (C=O) groups excluding carboxylic acids is 2. The number of hydrogen-bond donors (Lipinski definition) is 0. The molecule has 1 fully saturated rings. The number of amides is 2. The molecule has 1 aliphatic heterocycles. The fourth-order valence-electron chi connectivity index (χ4n) is 1.30. The zero-order valence-corrected chi connectivity index (χ0v) is 11.5. The van der Waals surface area contributed by atoms with Crippen LogP contribution in [0.5, 0.6) is 0 Å². The lowest BCUT2D eigenvalue weighted by Gasteiger charge is -2.24. The third kappa shape index (κ3) is 4.78. The van der Waals surface area contributed by atoms with E-state index >= 15 is 0 Å². The largest absolute Gasteiger partial charge is 1.00 e. The van der Waals surface area contributed by atoms with Crippen molar-refractivity contribution in [3.8, 4) is 0 Å². The van der Waals surface area contributed by atoms with Gasteiger partial charge in [-0.2, -0.15) is 0 Å². The molecule has 0 bridgehead atoms. The molecule has 1 heterocycles. The highest BCUT2D eigenvalue weighted by molar-refractivity contribution is 5.97. The molecule has 0 spiro atoms. The van der Waals surface area contributed by atoms with Crippen molar-refractivity contribution < 1.29 is 42.8 Å². The van der Waals surface area contributed by atoms with Gasteiger partial charge in [-0.05, 0) is 0 Å². The molecular formula is C9H17IN2O3. The first kappa shape index (κ1) is 14.6. The van der Waals surface area contributed by atoms with Gasteiger partial charge in [0, 0.05) is 13.0 Å². The van der Waals surface area contributed by atoms with E-state index in [9.17, 15) is 9.59 Å². The minimum Gasteiger partial charge on any atom is -1.00 e. The summed E-state index contributed by atoms with van der Waals surface area (Å²) in [5.74, 6) is -0.226. The average Bonchev–Trinajstić information content (AvgIpc) is 2.33. The van der Waals surface area contributed by atoms with Gasteiger partial charge in [0.15, 0.2) is 6.61 Å². The van der Waals surface area contributed by atoms with Gasteiger partial charge in [0.1, 0.15) is 0 Å². The monoisotopic (exact) mass is 328 g/mol. The van der Waals surface area contributed by atoms with Crippen LogP contribution in [0, 0.1) is 0 Å². The predicted molar refractivity (Wildman–Crippen MR) is 50.6 cm³/mol. The number of carbonyl (C=O) groups is 2. The summed E-state index contributed by atoms with van der Waals surface area (Å²) >= 11 is 0. The summed E-state index contributed by atoms with van der Waals surface area (Å²) in [5, 5.41) is 0. The molecule has 88 valence electrons. The Balaban J connectivity index is 0.00000196. The molecule has 0 aromatic heterocycles. The molecule has 0 N–H and O–H groups in total. The number of nitrogens with zero attached hydrogens (tertiary/aromatic N) is 2. The second-order valence-corrected chi connectivity index (χ2v) is 4.47. The molecule has 1 rings (SSSR count). The van der Waals surface area contributed by atoms with E-state index in [2.05, 4.69) is 25.9 Å². The molecule has 0 saturated carbocycles. The van der Waals surface area contributed by atoms with Gasteiger partial charge in [0.05, 0.1) is 27.7 Å². The van der Waals surface area contributed by atoms with Gasteiger partial charge in [-0.1, -0.05) is 0 Å². The summed E-state index contributed by atoms with van der Waals surface area (Å²) in [4.78, 5) is 23.3. The van der Waals surface area contributed by atoms with Gasteiger partial charge in [-0.15, -0.1) is 0 Å². The van der Waals surface area contributed by atoms with Crippen molar-refractivity contribution in [3.63, 3.8) is 0 Å². The van der Waals surface area contributed by atoms with Crippen LogP contribution in [0.25, 0.3) is 0 Å². The zero-order chi connectivity index (χ0) is 10.8. The highest BCUT2D eigenvalue weighted by Crippen LogP contribution is 2.06. The normalized spacial score (nSPS) is 16.3. The Morgan fingerprint density at radius 2 is 1.93 bits per heavy atom. The van der Waals surface area contributed by atoms with Gasteiger partial charge >= 0.3 is 6.09 Å². The number of rotatable bonds is 4. The number of quaternary nitrogens is 1. The van der Waals surface area contributed by atoms with Crippen molar-refractivity contribution in [3.05, 3.63) is 0 Å². The van der Waals surface area contributed by atoms with Crippen LogP contribution in [0.2, 0.25) is 0 Å². The lowest BCUT2D eigenvalue weighted by molar-refractivity contribution is -0.870. The highest BCUT2D eigenvalue weighted by atomic mass is 127. The Kier molecular flexibility index (Phi) is 5.50. The molecule has 0 atom stereocenters. The summed E-state index contributed by atoms with van der Waals surface area (Å²) in [7, 11) is 6.22. The average molecular weight is 328 g/mol. The van der Waals surface area contributed by atoms with E-state index in [0.717, 1.165) is 17.4 Å². The summed E-state index contributed by atoms with van der Waals surface area (Å²) in [6, 6.07) is 0. The van der Waals surface area contributed by atoms with Gasteiger partial charge in [-0.25, -0.2) is 9.69 Å². The lowest BCUT2D eigenvalue weighted by Crippen LogP contribution is -3.00. The molecule has 6 heteroatoms. The standard InChI is InChI=1S/C9H17N2O3.HI/c1-11(2,3)6-4-5-10-8(12)7-14-9(10)13;/h4-7H2,1-3H3;1H/q+1;/p-1. The minimum absolute atomic E-state index is 0. The van der Waals surface area contributed by atoms with Crippen molar-refractivity contribution in [2.24, 2.45) is 0 Å². The van der Waals surface area contributed by atoms with E-state index in [1.807, 2.05) is 0 Å². The first-order valence-corrected chi connectivity index (χ1v) is 4.68. The first-order valence-electron chi connectivity index (χ1n) is 4.68. The molecular weight excluding hydrogens is 311 g/mol. The Hall–Kier alpha value is -0.370. The van der Waals surface area contributed by atoms with Crippen LogP contribution in [0.15, 0.2) is 0 Å². The predicted octanol–water partition coefficient (Wildman–Crippen LogP) is -2.93. The second-order valence-electron chi connectivity index (χ2n) is 4.47. The number of hydrogen-bond acceptors (Lipinski definition) is 3. The molecule has 0 aromatic rings. The number of ether oxygens (including phenoxy) is 1. The Morgan fingerprint density at radius 1 is 1.33 bits per heavy atom. The minimum atomic E-state index is -0.503. The Bertz CT molecular complexity index is 234. The second kappa shape index (κ2) is 5.64. The zero-order valence-electron chi connectivity index (χ0n) is 9.33. The smallest absolute Gasteiger partial charge is 0.417 e. The summed E-state index contributed by atoms with van der Waals surface area (Å²) in [6.45, 7) is 1.30. The maximum Gasteiger partial charge on any atom is 0.417 e. The number of halogens is 1. The summed E-state index contributed by atoms with van der Waals surface area (Å²) < 4.78 is 5.42. The van der Waals surface area contributed by atoms with Gasteiger partial charge < -0.3 is 33.2 Å². The maximum absolute atomic E-state index is 11.1. The van der Waals surface area contributed by atoms with E-state index < -0.39 is 6.09 Å². The van der Waals surface area contributed by atoms with Crippen LogP contribution in [-0.2, 0) is 9.53 Å². The lowest BCUT2D eigenvalue weighted by atomic mass is 10.3. The van der Waals surface area contributed by atoms with Crippen molar-refractivity contribution in [1.29, 1.82) is 0 Å². The number of imide groups is 1. The van der Waals surface area contributed by atoms with Gasteiger partial charge in [-0.3, -0.25) is 4.79 Å². The summed E-state index contributed by atoms with van der Waals surface area (Å²) in [6.07, 6.45) is 0.307. The number of cyclic esters (lactones) is 1. The van der Waals surface area contributed by atoms with Crippen LogP contribution in [0.4, 0.5) is 4.79 Å². The van der Waals surface area contributed by atoms with E-state index in [-0.39, 0.29) is 36.5 Å². The maximum atomic E-state index is 11.1. The Morgan fingerprint density at radius 3 is 2.33 bits per heavy atom. The van der Waals surface area contributed by atoms with Gasteiger partial charge in [0.2, 0.25) is 0 Å². The van der Waals surface area contributed by atoms with Crippen LogP contribution in [-0.4, -0.2) is 62.2 Å². The summed E-state index contributed by atoms with van der Waals surface area (Å²) in [5.41, 5.74) is 0. The van der Waals surface area contributed by atoms with Crippen molar-refractivity contribution in [1.82, 2.24) is 4.90 Å². The molecule has 1 aliphatic rings. The SMILES string of the molecule is C[N+](C)(C)CCCN1C(=O)COC1=O.[I-]. The first-order chi connectivity index (χ1) is 6.40. The Labute approximate surface area is 107 Å². The fraction of sp³-hybridized carbons (Fsp3) is 0.778. The van der Waals surface area contributed by atoms with Crippen LogP contribution in [0.1, 0.15) is 6.42 Å². The van der Waals surface area contributed by atoms with E-state index in [1.165, 1.54) is 4.90 Å². The molecule has 15 heavy (non-hydrogen) atoms. The van der Waals surface area contributed by atoms with E-state index in [1.54, 1.807) is 0 Å². The topological polar surface area (TPSA) is 46.6 Å². The van der Waals surface area contributed by atoms with Crippen molar-refractivity contribution in [2.45, 2.75) is 6.42 Å². The van der Waals surface area contributed by atoms with Crippen LogP contribution in [0.3, 0.4) is 0 Å². The van der Waals surface area contributed by atoms with Crippen LogP contribution < -0.4 is 24.0 Å². The van der Waals surface area contributed by atoms with Crippen molar-refractivity contribution >= 4 is 12.0 Å². The third-order valence-corrected chi connectivity index (χ3v) is 2.05. The van der Waals surface area contributed by atoms with E-state index in [0.29, 0.717) is 6.54 Å². The van der Waals surface area contributed by atoms with Crippen LogP contribution >= 0.6 is 0 Å². The van der Waals surface area contributed by atoms with Crippen molar-refractivity contribution in [2.75, 3.05) is 40.8 Å². The molecule has 5 nitrogen and oxygen atoms in total. The fourth-order valence-corrected chi connectivity index (χ4v) is 1.30. The molecule has 0 aromatic carbocycles. The molecule has 0 radical (unpaired) electrons. The molecule has 0 aliphatic carbocycles. The molecule has 2 amide bonds.